The lowest BCUT2D eigenvalue weighted by Crippen LogP contribution is -2.30. The molecule has 0 N–H and O–H groups in total. The zero-order valence-corrected chi connectivity index (χ0v) is 16.4. The lowest BCUT2D eigenvalue weighted by Gasteiger charge is -2.11. The summed E-state index contributed by atoms with van der Waals surface area (Å²) in [6, 6.07) is 14.7. The van der Waals surface area contributed by atoms with Gasteiger partial charge in [-0.2, -0.15) is 5.26 Å². The first-order chi connectivity index (χ1) is 12.9. The summed E-state index contributed by atoms with van der Waals surface area (Å²) < 4.78 is 8.63. The fourth-order valence-electron chi connectivity index (χ4n) is 4.17. The van der Waals surface area contributed by atoms with Crippen molar-refractivity contribution in [2.45, 2.75) is 33.6 Å². The van der Waals surface area contributed by atoms with Gasteiger partial charge in [-0.05, 0) is 43.0 Å². The topological polar surface area (TPSA) is 40.8 Å². The second kappa shape index (κ2) is 6.25. The SMILES string of the molecule is Cc1ccc2c(oc3c(C(C)C)c(C)cc(C#N)c32)c1-c1cccc[n+]1C. The van der Waals surface area contributed by atoms with E-state index < -0.39 is 0 Å². The molecule has 3 nitrogen and oxygen atoms in total. The van der Waals surface area contributed by atoms with Crippen molar-refractivity contribution in [3.63, 3.8) is 0 Å². The first-order valence-electron chi connectivity index (χ1n) is 9.28. The van der Waals surface area contributed by atoms with Gasteiger partial charge in [0, 0.05) is 28.5 Å². The minimum atomic E-state index is 0.318. The zero-order valence-electron chi connectivity index (χ0n) is 16.4. The van der Waals surface area contributed by atoms with Crippen LogP contribution in [0.1, 0.15) is 42.0 Å². The van der Waals surface area contributed by atoms with Crippen LogP contribution in [0.2, 0.25) is 0 Å². The Bertz CT molecular complexity index is 1240. The molecule has 3 heteroatoms. The normalized spacial score (nSPS) is 11.4. The van der Waals surface area contributed by atoms with Crippen LogP contribution in [-0.4, -0.2) is 0 Å². The summed E-state index contributed by atoms with van der Waals surface area (Å²) >= 11 is 0. The van der Waals surface area contributed by atoms with E-state index in [9.17, 15) is 5.26 Å². The van der Waals surface area contributed by atoms with Gasteiger partial charge in [0.15, 0.2) is 6.20 Å². The largest absolute Gasteiger partial charge is 0.455 e. The Morgan fingerprint density at radius 2 is 1.81 bits per heavy atom. The smallest absolute Gasteiger partial charge is 0.216 e. The average molecular weight is 355 g/mol. The van der Waals surface area contributed by atoms with Crippen LogP contribution in [0.15, 0.2) is 47.0 Å². The molecule has 0 fully saturated rings. The van der Waals surface area contributed by atoms with Gasteiger partial charge in [0.05, 0.1) is 17.2 Å². The van der Waals surface area contributed by atoms with Gasteiger partial charge in [0.2, 0.25) is 5.69 Å². The molecule has 0 atom stereocenters. The van der Waals surface area contributed by atoms with Crippen molar-refractivity contribution in [3.05, 3.63) is 64.8 Å². The molecule has 0 saturated heterocycles. The van der Waals surface area contributed by atoms with Crippen molar-refractivity contribution in [1.82, 2.24) is 0 Å². The minimum absolute atomic E-state index is 0.318. The molecule has 0 radical (unpaired) electrons. The van der Waals surface area contributed by atoms with Crippen LogP contribution in [0.25, 0.3) is 33.2 Å². The van der Waals surface area contributed by atoms with Crippen LogP contribution in [0.5, 0.6) is 0 Å². The molecule has 0 aliphatic rings. The predicted octanol–water partition coefficient (Wildman–Crippen LogP) is 5.69. The van der Waals surface area contributed by atoms with Gasteiger partial charge < -0.3 is 4.42 Å². The standard InChI is InChI=1S/C24H23N2O/c1-14(2)20-16(4)12-17(13-25)22-18-10-9-15(3)21(23(18)27-24(20)22)19-8-6-7-11-26(19)5/h6-12,14H,1-5H3/q+1. The summed E-state index contributed by atoms with van der Waals surface area (Å²) in [7, 11) is 2.04. The van der Waals surface area contributed by atoms with E-state index >= 15 is 0 Å². The number of aryl methyl sites for hydroxylation is 3. The molecule has 4 aromatic rings. The summed E-state index contributed by atoms with van der Waals surface area (Å²) in [6.07, 6.45) is 2.04. The molecule has 0 bridgehead atoms. The maximum Gasteiger partial charge on any atom is 0.216 e. The molecule has 4 rings (SSSR count). The Balaban J connectivity index is 2.24. The van der Waals surface area contributed by atoms with E-state index in [0.29, 0.717) is 11.5 Å². The second-order valence-electron chi connectivity index (χ2n) is 7.56. The Morgan fingerprint density at radius 3 is 2.48 bits per heavy atom. The van der Waals surface area contributed by atoms with E-state index in [-0.39, 0.29) is 0 Å². The van der Waals surface area contributed by atoms with E-state index in [1.165, 1.54) is 5.56 Å². The number of furan rings is 1. The van der Waals surface area contributed by atoms with E-state index in [4.69, 9.17) is 4.42 Å². The highest BCUT2D eigenvalue weighted by molar-refractivity contribution is 6.13. The maximum atomic E-state index is 9.76. The lowest BCUT2D eigenvalue weighted by atomic mass is 9.92. The van der Waals surface area contributed by atoms with Crippen LogP contribution in [0, 0.1) is 25.2 Å². The highest BCUT2D eigenvalue weighted by atomic mass is 16.3. The summed E-state index contributed by atoms with van der Waals surface area (Å²) in [5.74, 6) is 0.318. The third-order valence-corrected chi connectivity index (χ3v) is 5.38. The molecule has 134 valence electrons. The van der Waals surface area contributed by atoms with Crippen LogP contribution >= 0.6 is 0 Å². The highest BCUT2D eigenvalue weighted by Crippen LogP contribution is 2.41. The van der Waals surface area contributed by atoms with Gasteiger partial charge in [-0.1, -0.05) is 26.0 Å². The van der Waals surface area contributed by atoms with Gasteiger partial charge in [-0.3, -0.25) is 0 Å². The number of nitriles is 1. The van der Waals surface area contributed by atoms with Crippen molar-refractivity contribution < 1.29 is 8.98 Å². The molecular formula is C24H23N2O+. The molecule has 0 saturated carbocycles. The molecular weight excluding hydrogens is 332 g/mol. The highest BCUT2D eigenvalue weighted by Gasteiger charge is 2.24. The van der Waals surface area contributed by atoms with Gasteiger partial charge in [-0.15, -0.1) is 0 Å². The van der Waals surface area contributed by atoms with Crippen LogP contribution in [0.3, 0.4) is 0 Å². The van der Waals surface area contributed by atoms with Crippen molar-refractivity contribution >= 4 is 21.9 Å². The van der Waals surface area contributed by atoms with Crippen LogP contribution in [0.4, 0.5) is 0 Å². The van der Waals surface area contributed by atoms with Crippen molar-refractivity contribution in [3.8, 4) is 17.3 Å². The van der Waals surface area contributed by atoms with Gasteiger partial charge in [0.1, 0.15) is 18.2 Å². The lowest BCUT2D eigenvalue weighted by molar-refractivity contribution is -0.660. The van der Waals surface area contributed by atoms with Gasteiger partial charge >= 0.3 is 0 Å². The van der Waals surface area contributed by atoms with Crippen molar-refractivity contribution in [1.29, 1.82) is 5.26 Å². The third kappa shape index (κ3) is 2.52. The molecule has 2 heterocycles. The second-order valence-corrected chi connectivity index (χ2v) is 7.56. The Morgan fingerprint density at radius 1 is 1.04 bits per heavy atom. The number of hydrogen-bond donors (Lipinski definition) is 0. The van der Waals surface area contributed by atoms with E-state index in [1.54, 1.807) is 0 Å². The summed E-state index contributed by atoms with van der Waals surface area (Å²) in [4.78, 5) is 0. The molecule has 0 spiro atoms. The van der Waals surface area contributed by atoms with E-state index in [0.717, 1.165) is 44.3 Å². The van der Waals surface area contributed by atoms with Crippen molar-refractivity contribution in [2.24, 2.45) is 7.05 Å². The van der Waals surface area contributed by atoms with Crippen LogP contribution in [-0.2, 0) is 7.05 Å². The van der Waals surface area contributed by atoms with E-state index in [2.05, 4.69) is 56.5 Å². The predicted molar refractivity (Wildman–Crippen MR) is 109 cm³/mol. The number of pyridine rings is 1. The number of aromatic nitrogens is 1. The Hall–Kier alpha value is -3.12. The monoisotopic (exact) mass is 355 g/mol. The number of benzene rings is 2. The quantitative estimate of drug-likeness (QED) is 0.433. The number of hydrogen-bond acceptors (Lipinski definition) is 2. The Labute approximate surface area is 159 Å². The van der Waals surface area contributed by atoms with Gasteiger partial charge in [-0.25, -0.2) is 4.57 Å². The number of rotatable bonds is 2. The van der Waals surface area contributed by atoms with Crippen molar-refractivity contribution in [2.75, 3.05) is 0 Å². The summed E-state index contributed by atoms with van der Waals surface area (Å²) in [5, 5.41) is 11.7. The molecule has 0 aliphatic heterocycles. The van der Waals surface area contributed by atoms with E-state index in [1.807, 2.05) is 31.4 Å². The maximum absolute atomic E-state index is 9.76. The summed E-state index contributed by atoms with van der Waals surface area (Å²) in [6.45, 7) is 8.51. The Kier molecular flexibility index (Phi) is 4.00. The molecule has 0 amide bonds. The average Bonchev–Trinajstić information content (AvgIpc) is 3.00. The first kappa shape index (κ1) is 17.3. The first-order valence-corrected chi connectivity index (χ1v) is 9.28. The molecule has 2 aromatic carbocycles. The zero-order chi connectivity index (χ0) is 19.3. The molecule has 0 aliphatic carbocycles. The fraction of sp³-hybridized carbons (Fsp3) is 0.250. The summed E-state index contributed by atoms with van der Waals surface area (Å²) in [5.41, 5.74) is 8.02. The number of nitrogens with zero attached hydrogens (tertiary/aromatic N) is 2. The minimum Gasteiger partial charge on any atom is -0.455 e. The fourth-order valence-corrected chi connectivity index (χ4v) is 4.17. The molecule has 27 heavy (non-hydrogen) atoms. The third-order valence-electron chi connectivity index (χ3n) is 5.38. The molecule has 2 aromatic heterocycles. The van der Waals surface area contributed by atoms with Crippen LogP contribution < -0.4 is 4.57 Å². The number of fused-ring (bicyclic) bond motifs is 3. The van der Waals surface area contributed by atoms with Gasteiger partial charge in [0.25, 0.3) is 0 Å². The molecule has 0 unspecified atom stereocenters.